The molecule has 0 unspecified atom stereocenters. The fraction of sp³-hybridized carbons (Fsp3) is 0.391. The third-order valence-corrected chi connectivity index (χ3v) is 5.76. The van der Waals surface area contributed by atoms with Crippen LogP contribution >= 0.6 is 11.6 Å². The van der Waals surface area contributed by atoms with Gasteiger partial charge in [0.05, 0.1) is 20.3 Å². The van der Waals surface area contributed by atoms with Crippen molar-refractivity contribution in [3.05, 3.63) is 58.6 Å². The molecule has 2 aromatic carbocycles. The first-order valence-corrected chi connectivity index (χ1v) is 10.4. The van der Waals surface area contributed by atoms with Gasteiger partial charge in [-0.05, 0) is 55.7 Å². The molecule has 1 fully saturated rings. The minimum absolute atomic E-state index is 0.0238. The van der Waals surface area contributed by atoms with E-state index in [0.29, 0.717) is 48.0 Å². The summed E-state index contributed by atoms with van der Waals surface area (Å²) < 4.78 is 10.5. The predicted molar refractivity (Wildman–Crippen MR) is 116 cm³/mol. The number of methoxy groups -OCH3 is 2. The van der Waals surface area contributed by atoms with Gasteiger partial charge in [0.2, 0.25) is 5.91 Å². The number of carbonyl (C=O) groups excluding carboxylic acids is 2. The zero-order chi connectivity index (χ0) is 21.7. The van der Waals surface area contributed by atoms with Crippen molar-refractivity contribution in [2.24, 2.45) is 5.92 Å². The summed E-state index contributed by atoms with van der Waals surface area (Å²) in [6, 6.07) is 12.5. The van der Waals surface area contributed by atoms with Crippen molar-refractivity contribution < 1.29 is 19.1 Å². The standard InChI is InChI=1S/C23H27ClN2O4/c1-15(16-4-7-19(24)8-5-16)25-22(27)17-10-12-26(13-11-17)23(28)18-6-9-20(29-2)21(14-18)30-3/h4-9,14-15,17H,10-13H2,1-3H3,(H,25,27)/t15-/m0/s1. The van der Waals surface area contributed by atoms with E-state index < -0.39 is 0 Å². The number of amides is 2. The summed E-state index contributed by atoms with van der Waals surface area (Å²) in [7, 11) is 3.10. The Morgan fingerprint density at radius 2 is 1.67 bits per heavy atom. The molecule has 160 valence electrons. The Balaban J connectivity index is 1.55. The van der Waals surface area contributed by atoms with E-state index in [-0.39, 0.29) is 23.8 Å². The second-order valence-corrected chi connectivity index (χ2v) is 7.85. The van der Waals surface area contributed by atoms with E-state index in [9.17, 15) is 9.59 Å². The topological polar surface area (TPSA) is 67.9 Å². The van der Waals surface area contributed by atoms with Crippen LogP contribution in [0.25, 0.3) is 0 Å². The predicted octanol–water partition coefficient (Wildman–Crippen LogP) is 4.09. The number of rotatable bonds is 6. The Kier molecular flexibility index (Phi) is 7.21. The number of hydrogen-bond donors (Lipinski definition) is 1. The van der Waals surface area contributed by atoms with Gasteiger partial charge in [0.15, 0.2) is 11.5 Å². The average molecular weight is 431 g/mol. The molecule has 0 radical (unpaired) electrons. The van der Waals surface area contributed by atoms with Crippen LogP contribution in [0.1, 0.15) is 41.7 Å². The first kappa shape index (κ1) is 22.0. The first-order valence-electron chi connectivity index (χ1n) is 10.00. The minimum Gasteiger partial charge on any atom is -0.493 e. The Morgan fingerprint density at radius 3 is 2.27 bits per heavy atom. The lowest BCUT2D eigenvalue weighted by molar-refractivity contribution is -0.126. The maximum Gasteiger partial charge on any atom is 0.253 e. The number of halogens is 1. The molecule has 1 atom stereocenters. The van der Waals surface area contributed by atoms with Gasteiger partial charge in [-0.15, -0.1) is 0 Å². The fourth-order valence-corrected chi connectivity index (χ4v) is 3.79. The third kappa shape index (κ3) is 5.05. The highest BCUT2D eigenvalue weighted by Crippen LogP contribution is 2.29. The second kappa shape index (κ2) is 9.85. The zero-order valence-corrected chi connectivity index (χ0v) is 18.2. The third-order valence-electron chi connectivity index (χ3n) is 5.51. The average Bonchev–Trinajstić information content (AvgIpc) is 2.78. The number of ether oxygens (including phenoxy) is 2. The molecule has 1 aliphatic heterocycles. The smallest absolute Gasteiger partial charge is 0.253 e. The maximum atomic E-state index is 12.9. The summed E-state index contributed by atoms with van der Waals surface area (Å²) in [6.07, 6.45) is 1.27. The number of piperidine rings is 1. The van der Waals surface area contributed by atoms with E-state index in [1.54, 1.807) is 37.3 Å². The molecule has 1 aliphatic rings. The number of carbonyl (C=O) groups is 2. The highest BCUT2D eigenvalue weighted by atomic mass is 35.5. The molecule has 7 heteroatoms. The lowest BCUT2D eigenvalue weighted by atomic mass is 9.94. The van der Waals surface area contributed by atoms with E-state index in [4.69, 9.17) is 21.1 Å². The number of hydrogen-bond acceptors (Lipinski definition) is 4. The lowest BCUT2D eigenvalue weighted by Gasteiger charge is -2.32. The van der Waals surface area contributed by atoms with Gasteiger partial charge in [0, 0.05) is 29.6 Å². The van der Waals surface area contributed by atoms with Gasteiger partial charge in [-0.1, -0.05) is 23.7 Å². The molecule has 1 heterocycles. The summed E-state index contributed by atoms with van der Waals surface area (Å²) >= 11 is 5.93. The van der Waals surface area contributed by atoms with Crippen LogP contribution in [0.15, 0.2) is 42.5 Å². The largest absolute Gasteiger partial charge is 0.493 e. The molecule has 2 amide bonds. The monoisotopic (exact) mass is 430 g/mol. The molecular formula is C23H27ClN2O4. The van der Waals surface area contributed by atoms with E-state index >= 15 is 0 Å². The normalized spacial score (nSPS) is 15.4. The molecule has 0 spiro atoms. The number of likely N-dealkylation sites (tertiary alicyclic amines) is 1. The van der Waals surface area contributed by atoms with Gasteiger partial charge in [0.25, 0.3) is 5.91 Å². The van der Waals surface area contributed by atoms with Crippen molar-refractivity contribution >= 4 is 23.4 Å². The molecule has 0 bridgehead atoms. The molecule has 30 heavy (non-hydrogen) atoms. The Bertz CT molecular complexity index is 893. The van der Waals surface area contributed by atoms with E-state index in [1.165, 1.54) is 0 Å². The zero-order valence-electron chi connectivity index (χ0n) is 17.5. The molecule has 1 saturated heterocycles. The van der Waals surface area contributed by atoms with Crippen molar-refractivity contribution in [1.82, 2.24) is 10.2 Å². The Morgan fingerprint density at radius 1 is 1.03 bits per heavy atom. The van der Waals surface area contributed by atoms with E-state index in [1.807, 2.05) is 31.2 Å². The minimum atomic E-state index is -0.103. The number of nitrogens with zero attached hydrogens (tertiary/aromatic N) is 1. The molecule has 1 N–H and O–H groups in total. The van der Waals surface area contributed by atoms with Crippen molar-refractivity contribution in [2.75, 3.05) is 27.3 Å². The molecule has 2 aromatic rings. The highest BCUT2D eigenvalue weighted by Gasteiger charge is 2.29. The van der Waals surface area contributed by atoms with Crippen LogP contribution in [0.3, 0.4) is 0 Å². The van der Waals surface area contributed by atoms with Crippen LogP contribution < -0.4 is 14.8 Å². The van der Waals surface area contributed by atoms with Crippen molar-refractivity contribution in [2.45, 2.75) is 25.8 Å². The quantitative estimate of drug-likeness (QED) is 0.749. The first-order chi connectivity index (χ1) is 14.4. The highest BCUT2D eigenvalue weighted by molar-refractivity contribution is 6.30. The van der Waals surface area contributed by atoms with Gasteiger partial charge < -0.3 is 19.7 Å². The number of nitrogens with one attached hydrogen (secondary N) is 1. The SMILES string of the molecule is COc1ccc(C(=O)N2CCC(C(=O)N[C@@H](C)c3ccc(Cl)cc3)CC2)cc1OC. The van der Waals surface area contributed by atoms with E-state index in [0.717, 1.165) is 5.56 Å². The van der Waals surface area contributed by atoms with Crippen LogP contribution in [0.2, 0.25) is 5.02 Å². The van der Waals surface area contributed by atoms with Crippen molar-refractivity contribution in [3.8, 4) is 11.5 Å². The molecule has 3 rings (SSSR count). The van der Waals surface area contributed by atoms with Crippen LogP contribution in [-0.4, -0.2) is 44.0 Å². The Hall–Kier alpha value is -2.73. The summed E-state index contributed by atoms with van der Waals surface area (Å²) in [4.78, 5) is 27.3. The van der Waals surface area contributed by atoms with Gasteiger partial charge in [-0.25, -0.2) is 0 Å². The van der Waals surface area contributed by atoms with Gasteiger partial charge in [-0.3, -0.25) is 9.59 Å². The van der Waals surface area contributed by atoms with Crippen molar-refractivity contribution in [1.29, 1.82) is 0 Å². The molecule has 6 nitrogen and oxygen atoms in total. The maximum absolute atomic E-state index is 12.9. The summed E-state index contributed by atoms with van der Waals surface area (Å²) in [5, 5.41) is 3.74. The van der Waals surface area contributed by atoms with E-state index in [2.05, 4.69) is 5.32 Å². The fourth-order valence-electron chi connectivity index (χ4n) is 3.66. The lowest BCUT2D eigenvalue weighted by Crippen LogP contribution is -2.43. The van der Waals surface area contributed by atoms with Crippen LogP contribution in [0.4, 0.5) is 0 Å². The molecular weight excluding hydrogens is 404 g/mol. The summed E-state index contributed by atoms with van der Waals surface area (Å²) in [6.45, 7) is 3.04. The summed E-state index contributed by atoms with van der Waals surface area (Å²) in [5.41, 5.74) is 1.56. The van der Waals surface area contributed by atoms with Gasteiger partial charge in [0.1, 0.15) is 0 Å². The Labute approximate surface area is 182 Å². The van der Waals surface area contributed by atoms with Crippen molar-refractivity contribution in [3.63, 3.8) is 0 Å². The van der Waals surface area contributed by atoms with Crippen LogP contribution in [-0.2, 0) is 4.79 Å². The van der Waals surface area contributed by atoms with Crippen LogP contribution in [0, 0.1) is 5.92 Å². The molecule has 0 aliphatic carbocycles. The number of benzene rings is 2. The van der Waals surface area contributed by atoms with Crippen LogP contribution in [0.5, 0.6) is 11.5 Å². The molecule has 0 aromatic heterocycles. The molecule has 0 saturated carbocycles. The second-order valence-electron chi connectivity index (χ2n) is 7.42. The van der Waals surface area contributed by atoms with Gasteiger partial charge >= 0.3 is 0 Å². The van der Waals surface area contributed by atoms with Gasteiger partial charge in [-0.2, -0.15) is 0 Å². The summed E-state index contributed by atoms with van der Waals surface area (Å²) in [5.74, 6) is 0.960.